The van der Waals surface area contributed by atoms with Gasteiger partial charge in [0.25, 0.3) is 0 Å². The zero-order valence-corrected chi connectivity index (χ0v) is 14.4. The number of ether oxygens (including phenoxy) is 1. The fourth-order valence-corrected chi connectivity index (χ4v) is 3.31. The molecule has 1 aromatic heterocycles. The summed E-state index contributed by atoms with van der Waals surface area (Å²) in [6, 6.07) is 7.26. The van der Waals surface area contributed by atoms with Gasteiger partial charge in [-0.15, -0.1) is 0 Å². The molecule has 2 heterocycles. The summed E-state index contributed by atoms with van der Waals surface area (Å²) in [5, 5.41) is 9.10. The maximum atomic E-state index is 11.1. The highest BCUT2D eigenvalue weighted by Gasteiger charge is 2.23. The van der Waals surface area contributed by atoms with Crippen LogP contribution in [0.3, 0.4) is 0 Å². The predicted molar refractivity (Wildman–Crippen MR) is 93.2 cm³/mol. The first kappa shape index (κ1) is 17.5. The SMILES string of the molecule is COCc1ncc(CN2CCC(Cc3cccc(C(=O)O)c3)C2)cn1. The summed E-state index contributed by atoms with van der Waals surface area (Å²) in [6.45, 7) is 3.33. The van der Waals surface area contributed by atoms with Gasteiger partial charge in [-0.25, -0.2) is 14.8 Å². The van der Waals surface area contributed by atoms with Gasteiger partial charge in [0.1, 0.15) is 6.61 Å². The highest BCUT2D eigenvalue weighted by Crippen LogP contribution is 2.22. The van der Waals surface area contributed by atoms with Crippen LogP contribution in [0.5, 0.6) is 0 Å². The number of likely N-dealkylation sites (tertiary alicyclic amines) is 1. The molecule has 1 aromatic carbocycles. The van der Waals surface area contributed by atoms with E-state index in [1.165, 1.54) is 0 Å². The summed E-state index contributed by atoms with van der Waals surface area (Å²) in [5.74, 6) is 0.383. The number of aromatic nitrogens is 2. The van der Waals surface area contributed by atoms with Crippen LogP contribution in [0.15, 0.2) is 36.7 Å². The second kappa shape index (κ2) is 8.18. The third-order valence-electron chi connectivity index (χ3n) is 4.51. The Morgan fingerprint density at radius 3 is 2.84 bits per heavy atom. The van der Waals surface area contributed by atoms with Crippen molar-refractivity contribution in [1.82, 2.24) is 14.9 Å². The van der Waals surface area contributed by atoms with Crippen molar-refractivity contribution >= 4 is 5.97 Å². The third kappa shape index (κ3) is 4.84. The average molecular weight is 341 g/mol. The van der Waals surface area contributed by atoms with Crippen LogP contribution in [-0.4, -0.2) is 46.1 Å². The number of methoxy groups -OCH3 is 1. The second-order valence-corrected chi connectivity index (χ2v) is 6.54. The molecule has 0 saturated carbocycles. The van der Waals surface area contributed by atoms with Crippen LogP contribution < -0.4 is 0 Å². The minimum Gasteiger partial charge on any atom is -0.478 e. The summed E-state index contributed by atoms with van der Waals surface area (Å²) in [4.78, 5) is 22.1. The molecule has 2 aromatic rings. The van der Waals surface area contributed by atoms with Crippen LogP contribution in [0.25, 0.3) is 0 Å². The quantitative estimate of drug-likeness (QED) is 0.833. The van der Waals surface area contributed by atoms with Crippen LogP contribution in [0.2, 0.25) is 0 Å². The molecule has 1 saturated heterocycles. The molecule has 6 nitrogen and oxygen atoms in total. The van der Waals surface area contributed by atoms with Gasteiger partial charge < -0.3 is 9.84 Å². The van der Waals surface area contributed by atoms with Crippen LogP contribution in [-0.2, 0) is 24.3 Å². The fourth-order valence-electron chi connectivity index (χ4n) is 3.31. The fraction of sp³-hybridized carbons (Fsp3) is 0.421. The standard InChI is InChI=1S/C19H23N3O3/c1-25-13-18-20-9-16(10-21-18)12-22-6-5-15(11-22)7-14-3-2-4-17(8-14)19(23)24/h2-4,8-10,15H,5-7,11-13H2,1H3,(H,23,24). The third-order valence-corrected chi connectivity index (χ3v) is 4.51. The molecule has 25 heavy (non-hydrogen) atoms. The number of rotatable bonds is 7. The highest BCUT2D eigenvalue weighted by atomic mass is 16.5. The second-order valence-electron chi connectivity index (χ2n) is 6.54. The van der Waals surface area contributed by atoms with E-state index in [0.29, 0.717) is 23.9 Å². The summed E-state index contributed by atoms with van der Waals surface area (Å²) < 4.78 is 5.02. The Hall–Kier alpha value is -2.31. The van der Waals surface area contributed by atoms with Crippen molar-refractivity contribution in [2.45, 2.75) is 26.0 Å². The summed E-state index contributed by atoms with van der Waals surface area (Å²) >= 11 is 0. The lowest BCUT2D eigenvalue weighted by Gasteiger charge is -2.16. The summed E-state index contributed by atoms with van der Waals surface area (Å²) in [5.41, 5.74) is 2.56. The molecule has 0 bridgehead atoms. The molecule has 1 aliphatic heterocycles. The van der Waals surface area contributed by atoms with Crippen LogP contribution in [0.4, 0.5) is 0 Å². The topological polar surface area (TPSA) is 75.5 Å². The largest absolute Gasteiger partial charge is 0.478 e. The van der Waals surface area contributed by atoms with Gasteiger partial charge in [0, 0.05) is 38.2 Å². The van der Waals surface area contributed by atoms with Gasteiger partial charge in [0.05, 0.1) is 5.56 Å². The first-order valence-corrected chi connectivity index (χ1v) is 8.47. The molecule has 3 rings (SSSR count). The Morgan fingerprint density at radius 1 is 1.32 bits per heavy atom. The molecule has 1 aliphatic rings. The molecule has 1 atom stereocenters. The molecule has 1 N–H and O–H groups in total. The Kier molecular flexibility index (Phi) is 5.73. The molecule has 1 fully saturated rings. The summed E-state index contributed by atoms with van der Waals surface area (Å²) in [7, 11) is 1.63. The Morgan fingerprint density at radius 2 is 2.12 bits per heavy atom. The number of nitrogens with zero attached hydrogens (tertiary/aromatic N) is 3. The first-order chi connectivity index (χ1) is 12.1. The smallest absolute Gasteiger partial charge is 0.335 e. The van der Waals surface area contributed by atoms with E-state index in [-0.39, 0.29) is 0 Å². The number of hydrogen-bond donors (Lipinski definition) is 1. The lowest BCUT2D eigenvalue weighted by atomic mass is 9.97. The van der Waals surface area contributed by atoms with Crippen LogP contribution in [0, 0.1) is 5.92 Å². The maximum Gasteiger partial charge on any atom is 0.335 e. The predicted octanol–water partition coefficient (Wildman–Crippen LogP) is 2.39. The van der Waals surface area contributed by atoms with E-state index >= 15 is 0 Å². The number of aromatic carboxylic acids is 1. The van der Waals surface area contributed by atoms with E-state index in [0.717, 1.165) is 43.6 Å². The number of hydrogen-bond acceptors (Lipinski definition) is 5. The molecule has 132 valence electrons. The molecule has 0 amide bonds. The van der Waals surface area contributed by atoms with Crippen molar-refractivity contribution in [1.29, 1.82) is 0 Å². The number of carboxylic acid groups (broad SMARTS) is 1. The molecule has 0 spiro atoms. The Balaban J connectivity index is 1.53. The monoisotopic (exact) mass is 341 g/mol. The lowest BCUT2D eigenvalue weighted by molar-refractivity contribution is 0.0696. The normalized spacial score (nSPS) is 17.7. The highest BCUT2D eigenvalue weighted by molar-refractivity contribution is 5.87. The van der Waals surface area contributed by atoms with E-state index in [1.54, 1.807) is 19.2 Å². The minimum absolute atomic E-state index is 0.362. The van der Waals surface area contributed by atoms with E-state index < -0.39 is 5.97 Å². The summed E-state index contributed by atoms with van der Waals surface area (Å²) in [6.07, 6.45) is 5.77. The van der Waals surface area contributed by atoms with Crippen molar-refractivity contribution in [2.75, 3.05) is 20.2 Å². The zero-order valence-electron chi connectivity index (χ0n) is 14.4. The Bertz CT molecular complexity index is 718. The van der Waals surface area contributed by atoms with Crippen molar-refractivity contribution in [2.24, 2.45) is 5.92 Å². The van der Waals surface area contributed by atoms with Gasteiger partial charge in [-0.05, 0) is 43.0 Å². The van der Waals surface area contributed by atoms with Crippen LogP contribution >= 0.6 is 0 Å². The average Bonchev–Trinajstić information content (AvgIpc) is 3.04. The van der Waals surface area contributed by atoms with Crippen molar-refractivity contribution in [3.8, 4) is 0 Å². The first-order valence-electron chi connectivity index (χ1n) is 8.47. The molecule has 1 unspecified atom stereocenters. The van der Waals surface area contributed by atoms with Crippen molar-refractivity contribution < 1.29 is 14.6 Å². The van der Waals surface area contributed by atoms with E-state index in [9.17, 15) is 4.79 Å². The number of carbonyl (C=O) groups is 1. The van der Waals surface area contributed by atoms with E-state index in [1.807, 2.05) is 24.5 Å². The van der Waals surface area contributed by atoms with Gasteiger partial charge in [-0.2, -0.15) is 0 Å². The Labute approximate surface area is 147 Å². The van der Waals surface area contributed by atoms with E-state index in [2.05, 4.69) is 14.9 Å². The van der Waals surface area contributed by atoms with Gasteiger partial charge in [0.15, 0.2) is 5.82 Å². The minimum atomic E-state index is -0.869. The maximum absolute atomic E-state index is 11.1. The van der Waals surface area contributed by atoms with Crippen molar-refractivity contribution in [3.05, 3.63) is 59.2 Å². The number of carboxylic acids is 1. The molecule has 0 aliphatic carbocycles. The van der Waals surface area contributed by atoms with Gasteiger partial charge in [-0.1, -0.05) is 12.1 Å². The molecule has 0 radical (unpaired) electrons. The molecule has 6 heteroatoms. The van der Waals surface area contributed by atoms with E-state index in [4.69, 9.17) is 9.84 Å². The van der Waals surface area contributed by atoms with Gasteiger partial charge >= 0.3 is 5.97 Å². The van der Waals surface area contributed by atoms with Gasteiger partial charge in [0.2, 0.25) is 0 Å². The van der Waals surface area contributed by atoms with Gasteiger partial charge in [-0.3, -0.25) is 4.90 Å². The molecular formula is C19H23N3O3. The molecular weight excluding hydrogens is 318 g/mol. The lowest BCUT2D eigenvalue weighted by Crippen LogP contribution is -2.21. The van der Waals surface area contributed by atoms with Crippen molar-refractivity contribution in [3.63, 3.8) is 0 Å². The number of benzene rings is 1. The zero-order chi connectivity index (χ0) is 17.6. The van der Waals surface area contributed by atoms with Crippen LogP contribution in [0.1, 0.15) is 33.7 Å².